The number of aromatic nitrogens is 1. The van der Waals surface area contributed by atoms with Crippen molar-refractivity contribution in [1.29, 1.82) is 0 Å². The first-order valence-electron chi connectivity index (χ1n) is 5.07. The first-order chi connectivity index (χ1) is 9.29. The van der Waals surface area contributed by atoms with Gasteiger partial charge in [0.25, 0.3) is 10.0 Å². The molecule has 0 aliphatic carbocycles. The van der Waals surface area contributed by atoms with Gasteiger partial charge in [0.1, 0.15) is 16.5 Å². The number of sulfonamides is 1. The van der Waals surface area contributed by atoms with Crippen molar-refractivity contribution in [2.24, 2.45) is 0 Å². The highest BCUT2D eigenvalue weighted by atomic mass is 79.9. The van der Waals surface area contributed by atoms with Gasteiger partial charge in [0.2, 0.25) is 0 Å². The Hall–Kier alpha value is -1.25. The molecule has 9 heteroatoms. The van der Waals surface area contributed by atoms with Gasteiger partial charge >= 0.3 is 0 Å². The Balaban J connectivity index is 2.44. The number of hydrogen-bond acceptors (Lipinski definition) is 3. The quantitative estimate of drug-likeness (QED) is 0.881. The van der Waals surface area contributed by atoms with E-state index >= 15 is 0 Å². The Morgan fingerprint density at radius 2 is 1.85 bits per heavy atom. The maximum Gasteiger partial charge on any atom is 0.263 e. The summed E-state index contributed by atoms with van der Waals surface area (Å²) in [6.45, 7) is 0. The highest BCUT2D eigenvalue weighted by Crippen LogP contribution is 2.33. The molecule has 106 valence electrons. The lowest BCUT2D eigenvalue weighted by Crippen LogP contribution is -2.14. The Morgan fingerprint density at radius 1 is 1.15 bits per heavy atom. The van der Waals surface area contributed by atoms with Gasteiger partial charge in [-0.3, -0.25) is 9.71 Å². The Labute approximate surface area is 127 Å². The van der Waals surface area contributed by atoms with Crippen LogP contribution in [0.4, 0.5) is 14.5 Å². The topological polar surface area (TPSA) is 59.1 Å². The molecule has 1 aromatic carbocycles. The molecule has 0 amide bonds. The van der Waals surface area contributed by atoms with Gasteiger partial charge in [-0.15, -0.1) is 0 Å². The van der Waals surface area contributed by atoms with Crippen LogP contribution in [0.25, 0.3) is 0 Å². The van der Waals surface area contributed by atoms with Crippen molar-refractivity contribution >= 4 is 43.2 Å². The SMILES string of the molecule is O=S(=O)(Nc1c(Cl)cc(F)cc1Br)c1cncc(F)c1. The lowest BCUT2D eigenvalue weighted by Gasteiger charge is -2.11. The predicted octanol–water partition coefficient (Wildman–Crippen LogP) is 3.58. The second-order valence-corrected chi connectivity index (χ2v) is 6.63. The summed E-state index contributed by atoms with van der Waals surface area (Å²) in [4.78, 5) is 3.08. The number of pyridine rings is 1. The third-order valence-electron chi connectivity index (χ3n) is 2.23. The van der Waals surface area contributed by atoms with Gasteiger partial charge in [-0.1, -0.05) is 11.6 Å². The average Bonchev–Trinajstić information content (AvgIpc) is 2.34. The third-order valence-corrected chi connectivity index (χ3v) is 4.47. The predicted molar refractivity (Wildman–Crippen MR) is 74.1 cm³/mol. The number of halogens is 4. The van der Waals surface area contributed by atoms with E-state index < -0.39 is 21.7 Å². The maximum atomic E-state index is 13.1. The van der Waals surface area contributed by atoms with Crippen LogP contribution in [0.1, 0.15) is 0 Å². The van der Waals surface area contributed by atoms with Gasteiger partial charge in [-0.25, -0.2) is 17.2 Å². The monoisotopic (exact) mass is 382 g/mol. The van der Waals surface area contributed by atoms with Gasteiger partial charge in [0.05, 0.1) is 16.9 Å². The molecule has 0 saturated heterocycles. The fourth-order valence-corrected chi connectivity index (χ4v) is 3.53. The van der Waals surface area contributed by atoms with Gasteiger partial charge in [0.15, 0.2) is 0 Å². The van der Waals surface area contributed by atoms with Crippen LogP contribution >= 0.6 is 27.5 Å². The minimum absolute atomic E-state index is 0.0441. The maximum absolute atomic E-state index is 13.1. The van der Waals surface area contributed by atoms with E-state index in [4.69, 9.17) is 11.6 Å². The van der Waals surface area contributed by atoms with Crippen molar-refractivity contribution in [3.63, 3.8) is 0 Å². The third kappa shape index (κ3) is 3.25. The van der Waals surface area contributed by atoms with Crippen LogP contribution < -0.4 is 4.72 Å². The largest absolute Gasteiger partial charge is 0.277 e. The van der Waals surface area contributed by atoms with Crippen LogP contribution in [-0.2, 0) is 10.0 Å². The summed E-state index contributed by atoms with van der Waals surface area (Å²) in [6.07, 6.45) is 1.86. The zero-order chi connectivity index (χ0) is 14.9. The lowest BCUT2D eigenvalue weighted by molar-refractivity contribution is 0.592. The molecule has 0 atom stereocenters. The molecule has 0 radical (unpaired) electrons. The van der Waals surface area contributed by atoms with Crippen molar-refractivity contribution in [3.05, 3.63) is 51.7 Å². The molecule has 0 saturated carbocycles. The second kappa shape index (κ2) is 5.63. The summed E-state index contributed by atoms with van der Waals surface area (Å²) in [5, 5.41) is -0.134. The second-order valence-electron chi connectivity index (χ2n) is 3.69. The molecule has 2 rings (SSSR count). The van der Waals surface area contributed by atoms with Gasteiger partial charge in [-0.2, -0.15) is 0 Å². The standard InChI is InChI=1S/C11H6BrClF2N2O2S/c12-9-2-6(14)3-10(13)11(9)17-20(18,19)8-1-7(15)4-16-5-8/h1-5,17H. The van der Waals surface area contributed by atoms with E-state index in [0.717, 1.165) is 30.6 Å². The minimum Gasteiger partial charge on any atom is -0.277 e. The van der Waals surface area contributed by atoms with Crippen LogP contribution in [0.3, 0.4) is 0 Å². The molecule has 0 bridgehead atoms. The van der Waals surface area contributed by atoms with E-state index in [0.29, 0.717) is 0 Å². The molecule has 20 heavy (non-hydrogen) atoms. The first kappa shape index (κ1) is 15.1. The van der Waals surface area contributed by atoms with Crippen LogP contribution in [0.2, 0.25) is 5.02 Å². The molecule has 0 aliphatic rings. The number of rotatable bonds is 3. The molecule has 1 heterocycles. The molecular formula is C11H6BrClF2N2O2S. The number of nitrogens with one attached hydrogen (secondary N) is 1. The average molecular weight is 384 g/mol. The van der Waals surface area contributed by atoms with Crippen molar-refractivity contribution in [3.8, 4) is 0 Å². The zero-order valence-electron chi connectivity index (χ0n) is 9.57. The van der Waals surface area contributed by atoms with E-state index in [9.17, 15) is 17.2 Å². The summed E-state index contributed by atoms with van der Waals surface area (Å²) in [6, 6.07) is 2.81. The van der Waals surface area contributed by atoms with Crippen molar-refractivity contribution in [1.82, 2.24) is 4.98 Å². The summed E-state index contributed by atoms with van der Waals surface area (Å²) in [5.41, 5.74) is -0.0441. The minimum atomic E-state index is -4.08. The molecule has 0 unspecified atom stereocenters. The number of nitrogens with zero attached hydrogens (tertiary/aromatic N) is 1. The molecular weight excluding hydrogens is 378 g/mol. The summed E-state index contributed by atoms with van der Waals surface area (Å²) in [5.74, 6) is -1.42. The van der Waals surface area contributed by atoms with Crippen LogP contribution in [0.5, 0.6) is 0 Å². The molecule has 2 aromatic rings. The van der Waals surface area contributed by atoms with E-state index in [1.54, 1.807) is 0 Å². The van der Waals surface area contributed by atoms with Crippen molar-refractivity contribution in [2.45, 2.75) is 4.90 Å². The summed E-state index contributed by atoms with van der Waals surface area (Å²) in [7, 11) is -4.08. The van der Waals surface area contributed by atoms with E-state index in [2.05, 4.69) is 25.6 Å². The molecule has 4 nitrogen and oxygen atoms in total. The van der Waals surface area contributed by atoms with Gasteiger partial charge in [-0.05, 0) is 34.1 Å². The molecule has 1 aromatic heterocycles. The van der Waals surface area contributed by atoms with Gasteiger partial charge < -0.3 is 0 Å². The van der Waals surface area contributed by atoms with E-state index in [1.165, 1.54) is 0 Å². The first-order valence-corrected chi connectivity index (χ1v) is 7.73. The van der Waals surface area contributed by atoms with Gasteiger partial charge in [0, 0.05) is 10.7 Å². The highest BCUT2D eigenvalue weighted by Gasteiger charge is 2.19. The van der Waals surface area contributed by atoms with E-state index in [-0.39, 0.29) is 20.1 Å². The van der Waals surface area contributed by atoms with Crippen molar-refractivity contribution < 1.29 is 17.2 Å². The Morgan fingerprint density at radius 3 is 2.45 bits per heavy atom. The summed E-state index contributed by atoms with van der Waals surface area (Å²) < 4.78 is 52.4. The van der Waals surface area contributed by atoms with E-state index in [1.807, 2.05) is 0 Å². The van der Waals surface area contributed by atoms with Crippen LogP contribution in [-0.4, -0.2) is 13.4 Å². The number of hydrogen-bond donors (Lipinski definition) is 1. The van der Waals surface area contributed by atoms with Crippen LogP contribution in [0, 0.1) is 11.6 Å². The number of benzene rings is 1. The fraction of sp³-hybridized carbons (Fsp3) is 0. The van der Waals surface area contributed by atoms with Crippen molar-refractivity contribution in [2.75, 3.05) is 4.72 Å². The molecule has 0 aliphatic heterocycles. The number of anilines is 1. The fourth-order valence-electron chi connectivity index (χ4n) is 1.37. The molecule has 0 spiro atoms. The molecule has 1 N–H and O–H groups in total. The Kier molecular flexibility index (Phi) is 4.26. The lowest BCUT2D eigenvalue weighted by atomic mass is 10.3. The molecule has 0 fully saturated rings. The zero-order valence-corrected chi connectivity index (χ0v) is 12.7. The summed E-state index contributed by atoms with van der Waals surface area (Å²) >= 11 is 8.77. The van der Waals surface area contributed by atoms with Crippen LogP contribution in [0.15, 0.2) is 40.0 Å². The smallest absolute Gasteiger partial charge is 0.263 e. The highest BCUT2D eigenvalue weighted by molar-refractivity contribution is 9.10. The Bertz CT molecular complexity index is 748. The normalized spacial score (nSPS) is 11.4.